The standard InChI is InChI=1S/C20H17NO2/c1-3-7-16(8-4-1)14-21(17-9-5-2-6-10-17)18-11-12-19-20(13-18)23-15-22-19/h1-13H,14-15H2. The summed E-state index contributed by atoms with van der Waals surface area (Å²) < 4.78 is 10.9. The lowest BCUT2D eigenvalue weighted by molar-refractivity contribution is 0.174. The lowest BCUT2D eigenvalue weighted by atomic mass is 10.1. The fraction of sp³-hybridized carbons (Fsp3) is 0.100. The van der Waals surface area contributed by atoms with Crippen LogP contribution in [0, 0.1) is 0 Å². The van der Waals surface area contributed by atoms with Crippen molar-refractivity contribution >= 4 is 11.4 Å². The summed E-state index contributed by atoms with van der Waals surface area (Å²) in [5, 5.41) is 0. The van der Waals surface area contributed by atoms with E-state index < -0.39 is 0 Å². The summed E-state index contributed by atoms with van der Waals surface area (Å²) in [7, 11) is 0. The van der Waals surface area contributed by atoms with Gasteiger partial charge in [0.2, 0.25) is 6.79 Å². The van der Waals surface area contributed by atoms with E-state index >= 15 is 0 Å². The van der Waals surface area contributed by atoms with Gasteiger partial charge in [-0.1, -0.05) is 48.5 Å². The SMILES string of the molecule is c1ccc(CN(c2ccccc2)c2ccc3c(c2)OCO3)cc1. The van der Waals surface area contributed by atoms with Gasteiger partial charge in [0.25, 0.3) is 0 Å². The minimum atomic E-state index is 0.294. The minimum Gasteiger partial charge on any atom is -0.454 e. The zero-order valence-electron chi connectivity index (χ0n) is 12.7. The summed E-state index contributed by atoms with van der Waals surface area (Å²) in [6, 6.07) is 26.9. The molecule has 23 heavy (non-hydrogen) atoms. The van der Waals surface area contributed by atoms with Crippen molar-refractivity contribution in [1.29, 1.82) is 0 Å². The Bertz CT molecular complexity index is 787. The summed E-state index contributed by atoms with van der Waals surface area (Å²) >= 11 is 0. The Morgan fingerprint density at radius 3 is 2.17 bits per heavy atom. The molecule has 3 aromatic carbocycles. The molecule has 0 bridgehead atoms. The summed E-state index contributed by atoms with van der Waals surface area (Å²) in [6.07, 6.45) is 0. The Labute approximate surface area is 135 Å². The molecule has 1 aliphatic heterocycles. The predicted molar refractivity (Wildman–Crippen MR) is 91.3 cm³/mol. The monoisotopic (exact) mass is 303 g/mol. The van der Waals surface area contributed by atoms with Crippen LogP contribution >= 0.6 is 0 Å². The highest BCUT2D eigenvalue weighted by atomic mass is 16.7. The van der Waals surface area contributed by atoms with Gasteiger partial charge in [0, 0.05) is 24.0 Å². The number of rotatable bonds is 4. The molecule has 0 amide bonds. The normalized spacial score (nSPS) is 12.2. The highest BCUT2D eigenvalue weighted by molar-refractivity contribution is 5.67. The van der Waals surface area contributed by atoms with Crippen LogP contribution in [0.3, 0.4) is 0 Å². The third-order valence-electron chi connectivity index (χ3n) is 3.92. The number of hydrogen-bond acceptors (Lipinski definition) is 3. The van der Waals surface area contributed by atoms with Crippen LogP contribution in [0.5, 0.6) is 11.5 Å². The maximum Gasteiger partial charge on any atom is 0.231 e. The molecule has 0 fully saturated rings. The average Bonchev–Trinajstić information content (AvgIpc) is 3.09. The van der Waals surface area contributed by atoms with E-state index in [9.17, 15) is 0 Å². The Hall–Kier alpha value is -2.94. The third-order valence-corrected chi connectivity index (χ3v) is 3.92. The summed E-state index contributed by atoms with van der Waals surface area (Å²) in [4.78, 5) is 2.28. The third kappa shape index (κ3) is 2.86. The molecule has 0 atom stereocenters. The fourth-order valence-electron chi connectivity index (χ4n) is 2.76. The lowest BCUT2D eigenvalue weighted by Gasteiger charge is -2.25. The molecule has 1 aliphatic rings. The maximum absolute atomic E-state index is 5.53. The van der Waals surface area contributed by atoms with Crippen molar-refractivity contribution in [3.63, 3.8) is 0 Å². The molecule has 3 nitrogen and oxygen atoms in total. The summed E-state index contributed by atoms with van der Waals surface area (Å²) in [6.45, 7) is 1.09. The van der Waals surface area contributed by atoms with E-state index in [2.05, 4.69) is 59.5 Å². The Balaban J connectivity index is 1.73. The zero-order chi connectivity index (χ0) is 15.5. The highest BCUT2D eigenvalue weighted by Crippen LogP contribution is 2.38. The number of anilines is 2. The molecule has 1 heterocycles. The van der Waals surface area contributed by atoms with Gasteiger partial charge in [-0.3, -0.25) is 0 Å². The summed E-state index contributed by atoms with van der Waals surface area (Å²) in [5.41, 5.74) is 3.49. The van der Waals surface area contributed by atoms with Crippen LogP contribution in [0.4, 0.5) is 11.4 Å². The van der Waals surface area contributed by atoms with E-state index in [1.165, 1.54) is 5.56 Å². The quantitative estimate of drug-likeness (QED) is 0.694. The number of hydrogen-bond donors (Lipinski definition) is 0. The smallest absolute Gasteiger partial charge is 0.231 e. The molecule has 0 radical (unpaired) electrons. The van der Waals surface area contributed by atoms with Gasteiger partial charge in [0.05, 0.1) is 0 Å². The van der Waals surface area contributed by atoms with Crippen molar-refractivity contribution in [2.24, 2.45) is 0 Å². The first-order chi connectivity index (χ1) is 11.4. The molecule has 0 saturated heterocycles. The fourth-order valence-corrected chi connectivity index (χ4v) is 2.76. The van der Waals surface area contributed by atoms with Gasteiger partial charge in [0.1, 0.15) is 0 Å². The largest absolute Gasteiger partial charge is 0.454 e. The maximum atomic E-state index is 5.53. The molecule has 0 aliphatic carbocycles. The van der Waals surface area contributed by atoms with Gasteiger partial charge in [-0.15, -0.1) is 0 Å². The molecule has 3 heteroatoms. The molecule has 0 spiro atoms. The molecule has 0 unspecified atom stereocenters. The molecular formula is C20H17NO2. The van der Waals surface area contributed by atoms with Crippen molar-refractivity contribution < 1.29 is 9.47 Å². The molecule has 4 rings (SSSR count). The Kier molecular flexibility index (Phi) is 3.60. The van der Waals surface area contributed by atoms with Crippen LogP contribution in [0.15, 0.2) is 78.9 Å². The van der Waals surface area contributed by atoms with Crippen molar-refractivity contribution in [1.82, 2.24) is 0 Å². The van der Waals surface area contributed by atoms with E-state index in [-0.39, 0.29) is 0 Å². The number of ether oxygens (including phenoxy) is 2. The molecule has 0 aromatic heterocycles. The topological polar surface area (TPSA) is 21.7 Å². The first kappa shape index (κ1) is 13.7. The predicted octanol–water partition coefficient (Wildman–Crippen LogP) is 4.75. The molecule has 114 valence electrons. The van der Waals surface area contributed by atoms with E-state index in [4.69, 9.17) is 9.47 Å². The lowest BCUT2D eigenvalue weighted by Crippen LogP contribution is -2.16. The van der Waals surface area contributed by atoms with Crippen LogP contribution in [-0.2, 0) is 6.54 Å². The van der Waals surface area contributed by atoms with Crippen molar-refractivity contribution in [2.45, 2.75) is 6.54 Å². The van der Waals surface area contributed by atoms with Gasteiger partial charge in [-0.2, -0.15) is 0 Å². The van der Waals surface area contributed by atoms with Crippen LogP contribution < -0.4 is 14.4 Å². The van der Waals surface area contributed by atoms with Crippen molar-refractivity contribution in [2.75, 3.05) is 11.7 Å². The second kappa shape index (κ2) is 6.05. The van der Waals surface area contributed by atoms with Crippen LogP contribution in [0.1, 0.15) is 5.56 Å². The van der Waals surface area contributed by atoms with Crippen LogP contribution in [0.2, 0.25) is 0 Å². The molecule has 0 saturated carbocycles. The van der Waals surface area contributed by atoms with Crippen LogP contribution in [0.25, 0.3) is 0 Å². The first-order valence-electron chi connectivity index (χ1n) is 7.66. The Morgan fingerprint density at radius 2 is 1.39 bits per heavy atom. The number of para-hydroxylation sites is 1. The van der Waals surface area contributed by atoms with Crippen molar-refractivity contribution in [3.8, 4) is 11.5 Å². The van der Waals surface area contributed by atoms with E-state index in [1.807, 2.05) is 24.3 Å². The van der Waals surface area contributed by atoms with E-state index in [1.54, 1.807) is 0 Å². The van der Waals surface area contributed by atoms with E-state index in [0.29, 0.717) is 6.79 Å². The average molecular weight is 303 g/mol. The first-order valence-corrected chi connectivity index (χ1v) is 7.66. The van der Waals surface area contributed by atoms with Crippen molar-refractivity contribution in [3.05, 3.63) is 84.4 Å². The zero-order valence-corrected chi connectivity index (χ0v) is 12.7. The minimum absolute atomic E-state index is 0.294. The van der Waals surface area contributed by atoms with Gasteiger partial charge in [-0.25, -0.2) is 0 Å². The number of fused-ring (bicyclic) bond motifs is 1. The second-order valence-corrected chi connectivity index (χ2v) is 5.44. The van der Waals surface area contributed by atoms with Gasteiger partial charge >= 0.3 is 0 Å². The molecule has 0 N–H and O–H groups in total. The second-order valence-electron chi connectivity index (χ2n) is 5.44. The van der Waals surface area contributed by atoms with E-state index in [0.717, 1.165) is 29.4 Å². The van der Waals surface area contributed by atoms with Crippen LogP contribution in [-0.4, -0.2) is 6.79 Å². The number of benzene rings is 3. The Morgan fingerprint density at radius 1 is 0.696 bits per heavy atom. The van der Waals surface area contributed by atoms with Gasteiger partial charge in [0.15, 0.2) is 11.5 Å². The molecule has 3 aromatic rings. The number of nitrogens with zero attached hydrogens (tertiary/aromatic N) is 1. The van der Waals surface area contributed by atoms with Gasteiger partial charge < -0.3 is 14.4 Å². The van der Waals surface area contributed by atoms with Gasteiger partial charge in [-0.05, 0) is 29.8 Å². The highest BCUT2D eigenvalue weighted by Gasteiger charge is 2.17. The summed E-state index contributed by atoms with van der Waals surface area (Å²) in [5.74, 6) is 1.61. The molecular weight excluding hydrogens is 286 g/mol.